The van der Waals surface area contributed by atoms with Crippen LogP contribution in [0.2, 0.25) is 0 Å². The lowest BCUT2D eigenvalue weighted by molar-refractivity contribution is -0.147. The molecule has 4 rings (SSSR count). The van der Waals surface area contributed by atoms with Gasteiger partial charge in [-0.1, -0.05) is 55.5 Å². The number of rotatable bonds is 7. The largest absolute Gasteiger partial charge is 0.495 e. The maximum Gasteiger partial charge on any atom is 0.306 e. The highest BCUT2D eigenvalue weighted by Crippen LogP contribution is 2.36. The molecule has 6 nitrogen and oxygen atoms in total. The zero-order valence-electron chi connectivity index (χ0n) is 17.4. The number of esters is 1. The van der Waals surface area contributed by atoms with Gasteiger partial charge in [0.05, 0.1) is 19.2 Å². The van der Waals surface area contributed by atoms with Gasteiger partial charge in [-0.25, -0.2) is 0 Å². The number of amides is 1. The van der Waals surface area contributed by atoms with Crippen molar-refractivity contribution in [1.29, 1.82) is 0 Å². The third-order valence-electron chi connectivity index (χ3n) is 5.18. The summed E-state index contributed by atoms with van der Waals surface area (Å²) in [5.41, 5.74) is 2.89. The summed E-state index contributed by atoms with van der Waals surface area (Å²) in [5.74, 6) is -0.371. The van der Waals surface area contributed by atoms with E-state index in [1.54, 1.807) is 6.07 Å². The average Bonchev–Trinajstić information content (AvgIpc) is 3.15. The van der Waals surface area contributed by atoms with Gasteiger partial charge in [0.15, 0.2) is 6.61 Å². The topological polar surface area (TPSA) is 77.8 Å². The lowest BCUT2D eigenvalue weighted by Crippen LogP contribution is -2.21. The van der Waals surface area contributed by atoms with Crippen molar-refractivity contribution in [1.82, 2.24) is 0 Å². The molecular weight excluding hydrogens is 394 g/mol. The Morgan fingerprint density at radius 2 is 1.71 bits per heavy atom. The van der Waals surface area contributed by atoms with Crippen LogP contribution in [0.25, 0.3) is 21.9 Å². The molecule has 0 radical (unpaired) electrons. The lowest BCUT2D eigenvalue weighted by Gasteiger charge is -2.12. The molecule has 0 saturated carbocycles. The van der Waals surface area contributed by atoms with Crippen molar-refractivity contribution in [2.24, 2.45) is 0 Å². The molecular formula is C25H23NO5. The molecule has 1 atom stereocenters. The first-order valence-corrected chi connectivity index (χ1v) is 10.0. The Morgan fingerprint density at radius 1 is 0.968 bits per heavy atom. The maximum absolute atomic E-state index is 12.4. The van der Waals surface area contributed by atoms with Crippen LogP contribution in [-0.2, 0) is 14.3 Å². The fraction of sp³-hybridized carbons (Fsp3) is 0.200. The number of para-hydroxylation sites is 1. The normalized spacial score (nSPS) is 11.9. The van der Waals surface area contributed by atoms with Crippen molar-refractivity contribution < 1.29 is 23.5 Å². The molecule has 1 amide bonds. The van der Waals surface area contributed by atoms with E-state index in [0.717, 1.165) is 21.9 Å². The molecule has 1 heterocycles. The van der Waals surface area contributed by atoms with E-state index in [0.29, 0.717) is 17.0 Å². The predicted molar refractivity (Wildman–Crippen MR) is 119 cm³/mol. The standard InChI is InChI=1S/C25H23NO5/c1-16(17-8-4-3-5-9-17)12-25(28)30-15-24(27)26-20-14-22-19(13-23(20)29-2)18-10-6-7-11-21(18)31-22/h3-11,13-14,16H,12,15H2,1-2H3,(H,26,27)/t16-/m0/s1. The number of furan rings is 1. The van der Waals surface area contributed by atoms with Crippen LogP contribution < -0.4 is 10.1 Å². The van der Waals surface area contributed by atoms with Crippen molar-refractivity contribution in [3.8, 4) is 5.75 Å². The molecule has 1 aromatic heterocycles. The zero-order valence-corrected chi connectivity index (χ0v) is 17.4. The maximum atomic E-state index is 12.4. The van der Waals surface area contributed by atoms with Gasteiger partial charge in [-0.05, 0) is 23.6 Å². The third-order valence-corrected chi connectivity index (χ3v) is 5.18. The van der Waals surface area contributed by atoms with Crippen molar-refractivity contribution in [2.45, 2.75) is 19.3 Å². The number of nitrogens with one attached hydrogen (secondary N) is 1. The number of hydrogen-bond donors (Lipinski definition) is 1. The summed E-state index contributed by atoms with van der Waals surface area (Å²) >= 11 is 0. The van der Waals surface area contributed by atoms with E-state index in [2.05, 4.69) is 5.32 Å². The van der Waals surface area contributed by atoms with Gasteiger partial charge in [0.2, 0.25) is 0 Å². The highest BCUT2D eigenvalue weighted by Gasteiger charge is 2.16. The van der Waals surface area contributed by atoms with Crippen LogP contribution in [0.3, 0.4) is 0 Å². The van der Waals surface area contributed by atoms with Crippen LogP contribution in [-0.4, -0.2) is 25.6 Å². The summed E-state index contributed by atoms with van der Waals surface area (Å²) < 4.78 is 16.5. The van der Waals surface area contributed by atoms with E-state index < -0.39 is 11.9 Å². The smallest absolute Gasteiger partial charge is 0.306 e. The van der Waals surface area contributed by atoms with Crippen molar-refractivity contribution in [3.05, 3.63) is 72.3 Å². The Morgan fingerprint density at radius 3 is 2.48 bits per heavy atom. The molecule has 0 aliphatic carbocycles. The van der Waals surface area contributed by atoms with E-state index in [1.807, 2.05) is 67.6 Å². The van der Waals surface area contributed by atoms with Crippen LogP contribution >= 0.6 is 0 Å². The van der Waals surface area contributed by atoms with Crippen molar-refractivity contribution in [2.75, 3.05) is 19.0 Å². The number of anilines is 1. The number of methoxy groups -OCH3 is 1. The molecule has 0 aliphatic heterocycles. The molecule has 6 heteroatoms. The first-order chi connectivity index (χ1) is 15.0. The highest BCUT2D eigenvalue weighted by molar-refractivity contribution is 6.07. The van der Waals surface area contributed by atoms with Crippen molar-refractivity contribution in [3.63, 3.8) is 0 Å². The molecule has 4 aromatic rings. The quantitative estimate of drug-likeness (QED) is 0.415. The highest BCUT2D eigenvalue weighted by atomic mass is 16.5. The average molecular weight is 417 g/mol. The predicted octanol–water partition coefficient (Wildman–Crippen LogP) is 5.27. The SMILES string of the molecule is COc1cc2c(cc1NC(=O)COC(=O)C[C@H](C)c1ccccc1)oc1ccccc12. The summed E-state index contributed by atoms with van der Waals surface area (Å²) in [6, 6.07) is 20.9. The molecule has 0 aliphatic rings. The summed E-state index contributed by atoms with van der Waals surface area (Å²) in [4.78, 5) is 24.5. The molecule has 0 fully saturated rings. The second-order valence-electron chi connectivity index (χ2n) is 7.37. The van der Waals surface area contributed by atoms with Crippen LogP contribution in [0.5, 0.6) is 5.75 Å². The van der Waals surface area contributed by atoms with Gasteiger partial charge >= 0.3 is 5.97 Å². The second-order valence-corrected chi connectivity index (χ2v) is 7.37. The summed E-state index contributed by atoms with van der Waals surface area (Å²) in [7, 11) is 1.53. The second kappa shape index (κ2) is 8.92. The van der Waals surface area contributed by atoms with E-state index in [1.165, 1.54) is 7.11 Å². The minimum absolute atomic E-state index is 0.00680. The number of carbonyl (C=O) groups excluding carboxylic acids is 2. The van der Waals surface area contributed by atoms with Crippen LogP contribution in [0.15, 0.2) is 71.1 Å². The first kappa shape index (κ1) is 20.5. The van der Waals surface area contributed by atoms with E-state index in [-0.39, 0.29) is 18.9 Å². The molecule has 0 unspecified atom stereocenters. The summed E-state index contributed by atoms with van der Waals surface area (Å²) in [6.07, 6.45) is 0.200. The van der Waals surface area contributed by atoms with Gasteiger partial charge in [0.25, 0.3) is 5.91 Å². The van der Waals surface area contributed by atoms with Crippen LogP contribution in [0.1, 0.15) is 24.8 Å². The Bertz CT molecular complexity index is 1230. The summed E-state index contributed by atoms with van der Waals surface area (Å²) in [5, 5.41) is 4.60. The van der Waals surface area contributed by atoms with E-state index in [4.69, 9.17) is 13.9 Å². The van der Waals surface area contributed by atoms with Crippen LogP contribution in [0.4, 0.5) is 5.69 Å². The number of benzene rings is 3. The van der Waals surface area contributed by atoms with Gasteiger partial charge < -0.3 is 19.2 Å². The van der Waals surface area contributed by atoms with E-state index in [9.17, 15) is 9.59 Å². The minimum atomic E-state index is -0.450. The monoisotopic (exact) mass is 417 g/mol. The van der Waals surface area contributed by atoms with Crippen molar-refractivity contribution >= 4 is 39.5 Å². The fourth-order valence-corrected chi connectivity index (χ4v) is 3.56. The lowest BCUT2D eigenvalue weighted by atomic mass is 9.98. The van der Waals surface area contributed by atoms with Gasteiger partial charge in [-0.15, -0.1) is 0 Å². The Hall–Kier alpha value is -3.80. The number of fused-ring (bicyclic) bond motifs is 3. The van der Waals surface area contributed by atoms with Gasteiger partial charge in [0.1, 0.15) is 16.9 Å². The summed E-state index contributed by atoms with van der Waals surface area (Å²) in [6.45, 7) is 1.58. The third kappa shape index (κ3) is 4.53. The fourth-order valence-electron chi connectivity index (χ4n) is 3.56. The molecule has 0 bridgehead atoms. The Labute approximate surface area is 179 Å². The molecule has 158 valence electrons. The number of carbonyl (C=O) groups is 2. The minimum Gasteiger partial charge on any atom is -0.495 e. The van der Waals surface area contributed by atoms with E-state index >= 15 is 0 Å². The number of ether oxygens (including phenoxy) is 2. The molecule has 0 saturated heterocycles. The zero-order chi connectivity index (χ0) is 21.8. The molecule has 0 spiro atoms. The number of hydrogen-bond acceptors (Lipinski definition) is 5. The Balaban J connectivity index is 1.41. The molecule has 3 aromatic carbocycles. The van der Waals surface area contributed by atoms with Gasteiger partial charge in [0, 0.05) is 16.8 Å². The first-order valence-electron chi connectivity index (χ1n) is 10.0. The Kier molecular flexibility index (Phi) is 5.89. The van der Waals surface area contributed by atoms with Gasteiger partial charge in [-0.3, -0.25) is 9.59 Å². The van der Waals surface area contributed by atoms with Crippen LogP contribution in [0, 0.1) is 0 Å². The van der Waals surface area contributed by atoms with Gasteiger partial charge in [-0.2, -0.15) is 0 Å². The molecule has 1 N–H and O–H groups in total. The molecule has 31 heavy (non-hydrogen) atoms.